The van der Waals surface area contributed by atoms with Crippen LogP contribution < -0.4 is 10.4 Å². The molecule has 5 heteroatoms. The lowest BCUT2D eigenvalue weighted by Gasteiger charge is -2.14. The number of rotatable bonds is 4. The van der Waals surface area contributed by atoms with Crippen LogP contribution in [-0.2, 0) is 6.54 Å². The molecule has 0 saturated carbocycles. The predicted molar refractivity (Wildman–Crippen MR) is 92.2 cm³/mol. The number of hydrogen-bond acceptors (Lipinski definition) is 4. The van der Waals surface area contributed by atoms with Crippen molar-refractivity contribution in [3.63, 3.8) is 0 Å². The summed E-state index contributed by atoms with van der Waals surface area (Å²) in [6, 6.07) is 7.76. The Kier molecular flexibility index (Phi) is 4.01. The van der Waals surface area contributed by atoms with Crippen LogP contribution in [0.2, 0.25) is 0 Å². The Balaban J connectivity index is 2.05. The molecule has 0 amide bonds. The van der Waals surface area contributed by atoms with Crippen molar-refractivity contribution in [3.8, 4) is 0 Å². The van der Waals surface area contributed by atoms with Crippen LogP contribution in [0.5, 0.6) is 0 Å². The number of nitrogens with zero attached hydrogens (tertiary/aromatic N) is 2. The third-order valence-electron chi connectivity index (χ3n) is 4.53. The number of carbonyl (C=O) groups is 1. The first-order valence-corrected chi connectivity index (χ1v) is 7.88. The second-order valence-corrected chi connectivity index (χ2v) is 6.13. The largest absolute Gasteiger partial charge is 0.545 e. The van der Waals surface area contributed by atoms with Crippen molar-refractivity contribution in [2.75, 3.05) is 5.32 Å². The predicted octanol–water partition coefficient (Wildman–Crippen LogP) is 2.54. The van der Waals surface area contributed by atoms with Crippen molar-refractivity contribution in [3.05, 3.63) is 64.1 Å². The lowest BCUT2D eigenvalue weighted by molar-refractivity contribution is -0.255. The highest BCUT2D eigenvalue weighted by Crippen LogP contribution is 2.23. The van der Waals surface area contributed by atoms with Gasteiger partial charge in [-0.2, -0.15) is 0 Å². The van der Waals surface area contributed by atoms with Gasteiger partial charge in [0.2, 0.25) is 0 Å². The number of carboxylic acids is 1. The molecular formula is C19H20N3O2-. The Bertz CT molecular complexity index is 921. The second-order valence-electron chi connectivity index (χ2n) is 6.13. The normalized spacial score (nSPS) is 11.0. The molecule has 0 aliphatic rings. The summed E-state index contributed by atoms with van der Waals surface area (Å²) in [5, 5.41) is 14.7. The fourth-order valence-electron chi connectivity index (χ4n) is 2.92. The van der Waals surface area contributed by atoms with E-state index in [1.54, 1.807) is 16.7 Å². The highest BCUT2D eigenvalue weighted by Gasteiger charge is 2.12. The molecular weight excluding hydrogens is 302 g/mol. The summed E-state index contributed by atoms with van der Waals surface area (Å²) < 4.78 is 1.80. The molecule has 0 aliphatic heterocycles. The molecule has 0 aliphatic carbocycles. The van der Waals surface area contributed by atoms with Crippen molar-refractivity contribution < 1.29 is 9.90 Å². The van der Waals surface area contributed by atoms with Crippen LogP contribution in [0.1, 0.15) is 38.4 Å². The minimum absolute atomic E-state index is 0.131. The Hall–Kier alpha value is -2.82. The number of carbonyl (C=O) groups excluding carboxylic acids is 1. The number of nitrogens with one attached hydrogen (secondary N) is 1. The van der Waals surface area contributed by atoms with E-state index in [2.05, 4.69) is 36.3 Å². The van der Waals surface area contributed by atoms with Gasteiger partial charge in [-0.25, -0.2) is 4.98 Å². The molecule has 0 saturated heterocycles. The molecule has 0 unspecified atom stereocenters. The Labute approximate surface area is 141 Å². The zero-order chi connectivity index (χ0) is 17.4. The number of pyridine rings is 1. The molecule has 0 bridgehead atoms. The molecule has 1 N–H and O–H groups in total. The molecule has 1 aromatic carbocycles. The maximum Gasteiger partial charge on any atom is 0.160 e. The molecule has 124 valence electrons. The van der Waals surface area contributed by atoms with E-state index >= 15 is 0 Å². The van der Waals surface area contributed by atoms with Gasteiger partial charge in [0.15, 0.2) is 5.65 Å². The summed E-state index contributed by atoms with van der Waals surface area (Å²) in [7, 11) is 0. The maximum atomic E-state index is 11.3. The summed E-state index contributed by atoms with van der Waals surface area (Å²) >= 11 is 0. The molecule has 3 aromatic rings. The van der Waals surface area contributed by atoms with E-state index in [1.165, 1.54) is 16.7 Å². The molecule has 3 rings (SSSR count). The van der Waals surface area contributed by atoms with Gasteiger partial charge in [0.05, 0.1) is 17.4 Å². The third-order valence-corrected chi connectivity index (χ3v) is 4.53. The number of aromatic carboxylic acids is 1. The monoisotopic (exact) mass is 322 g/mol. The minimum atomic E-state index is -1.20. The zero-order valence-electron chi connectivity index (χ0n) is 14.3. The van der Waals surface area contributed by atoms with E-state index in [0.29, 0.717) is 12.2 Å². The molecule has 0 spiro atoms. The Morgan fingerprint density at radius 3 is 2.50 bits per heavy atom. The molecule has 2 aromatic heterocycles. The van der Waals surface area contributed by atoms with Gasteiger partial charge >= 0.3 is 0 Å². The van der Waals surface area contributed by atoms with E-state index in [1.807, 2.05) is 19.9 Å². The van der Waals surface area contributed by atoms with Crippen LogP contribution in [-0.4, -0.2) is 15.4 Å². The molecule has 5 nitrogen and oxygen atoms in total. The number of fused-ring (bicyclic) bond motifs is 1. The van der Waals surface area contributed by atoms with E-state index in [0.717, 1.165) is 17.0 Å². The smallest absolute Gasteiger partial charge is 0.160 e. The number of aromatic nitrogens is 2. The number of hydrogen-bond donors (Lipinski definition) is 1. The molecule has 24 heavy (non-hydrogen) atoms. The standard InChI is InChI=1S/C19H21N3O2/c1-11-6-5-7-12(2)16(11)9-20-17-8-15(19(23)24)10-22-14(4)13(3)21-18(17)22/h5-8,10,20H,9H2,1-4H3,(H,23,24)/p-1. The Morgan fingerprint density at radius 2 is 1.88 bits per heavy atom. The first kappa shape index (κ1) is 16.1. The zero-order valence-corrected chi connectivity index (χ0v) is 14.3. The lowest BCUT2D eigenvalue weighted by atomic mass is 10.0. The number of carboxylic acid groups (broad SMARTS) is 1. The quantitative estimate of drug-likeness (QED) is 0.801. The summed E-state index contributed by atoms with van der Waals surface area (Å²) in [6.45, 7) is 8.58. The van der Waals surface area contributed by atoms with E-state index in [-0.39, 0.29) is 5.56 Å². The highest BCUT2D eigenvalue weighted by molar-refractivity contribution is 5.89. The fraction of sp³-hybridized carbons (Fsp3) is 0.263. The molecule has 0 atom stereocenters. The lowest BCUT2D eigenvalue weighted by Crippen LogP contribution is -2.23. The molecule has 2 heterocycles. The van der Waals surface area contributed by atoms with Gasteiger partial charge < -0.3 is 19.6 Å². The molecule has 0 fully saturated rings. The van der Waals surface area contributed by atoms with Crippen molar-refractivity contribution in [1.82, 2.24) is 9.38 Å². The minimum Gasteiger partial charge on any atom is -0.545 e. The summed E-state index contributed by atoms with van der Waals surface area (Å²) in [6.07, 6.45) is 1.56. The van der Waals surface area contributed by atoms with Crippen molar-refractivity contribution in [2.45, 2.75) is 34.2 Å². The number of imidazole rings is 1. The van der Waals surface area contributed by atoms with E-state index in [9.17, 15) is 9.90 Å². The van der Waals surface area contributed by atoms with Gasteiger partial charge in [0, 0.05) is 24.0 Å². The second kappa shape index (κ2) is 6.00. The first-order chi connectivity index (χ1) is 11.4. The summed E-state index contributed by atoms with van der Waals surface area (Å²) in [5.41, 5.74) is 6.94. The average molecular weight is 322 g/mol. The summed E-state index contributed by atoms with van der Waals surface area (Å²) in [5.74, 6) is -1.20. The van der Waals surface area contributed by atoms with Crippen LogP contribution in [0.4, 0.5) is 5.69 Å². The van der Waals surface area contributed by atoms with Gasteiger partial charge in [-0.3, -0.25) is 0 Å². The van der Waals surface area contributed by atoms with Crippen LogP contribution in [0, 0.1) is 27.7 Å². The fourth-order valence-corrected chi connectivity index (χ4v) is 2.92. The van der Waals surface area contributed by atoms with Gasteiger partial charge in [-0.15, -0.1) is 0 Å². The maximum absolute atomic E-state index is 11.3. The van der Waals surface area contributed by atoms with Crippen molar-refractivity contribution >= 4 is 17.3 Å². The van der Waals surface area contributed by atoms with Gasteiger partial charge in [-0.05, 0) is 50.5 Å². The van der Waals surface area contributed by atoms with E-state index in [4.69, 9.17) is 0 Å². The number of benzene rings is 1. The first-order valence-electron chi connectivity index (χ1n) is 7.88. The van der Waals surface area contributed by atoms with Crippen LogP contribution >= 0.6 is 0 Å². The van der Waals surface area contributed by atoms with Crippen LogP contribution in [0.25, 0.3) is 5.65 Å². The van der Waals surface area contributed by atoms with Crippen LogP contribution in [0.15, 0.2) is 30.5 Å². The van der Waals surface area contributed by atoms with Gasteiger partial charge in [0.1, 0.15) is 0 Å². The van der Waals surface area contributed by atoms with Gasteiger partial charge in [-0.1, -0.05) is 18.2 Å². The number of anilines is 1. The third kappa shape index (κ3) is 2.73. The van der Waals surface area contributed by atoms with Crippen molar-refractivity contribution in [2.24, 2.45) is 0 Å². The highest BCUT2D eigenvalue weighted by atomic mass is 16.4. The van der Waals surface area contributed by atoms with Crippen molar-refractivity contribution in [1.29, 1.82) is 0 Å². The van der Waals surface area contributed by atoms with Gasteiger partial charge in [0.25, 0.3) is 0 Å². The average Bonchev–Trinajstić information content (AvgIpc) is 2.82. The topological polar surface area (TPSA) is 69.5 Å². The van der Waals surface area contributed by atoms with E-state index < -0.39 is 5.97 Å². The number of aryl methyl sites for hydroxylation is 4. The summed E-state index contributed by atoms with van der Waals surface area (Å²) in [4.78, 5) is 15.9. The SMILES string of the molecule is Cc1cccc(C)c1CNc1cc(C(=O)[O-])cn2c(C)c(C)nc12. The Morgan fingerprint density at radius 1 is 1.21 bits per heavy atom. The molecule has 0 radical (unpaired) electrons. The van der Waals surface area contributed by atoms with Crippen LogP contribution in [0.3, 0.4) is 0 Å².